The average molecular weight is 185 g/mol. The molecule has 1 rings (SSSR count). The van der Waals surface area contributed by atoms with E-state index < -0.39 is 0 Å². The normalized spacial score (nSPS) is 37.4. The molecule has 13 heavy (non-hydrogen) atoms. The summed E-state index contributed by atoms with van der Waals surface area (Å²) in [6, 6.07) is 0. The van der Waals surface area contributed by atoms with Crippen molar-refractivity contribution in [2.45, 2.75) is 52.1 Å². The second kappa shape index (κ2) is 4.43. The molecule has 0 aromatic heterocycles. The van der Waals surface area contributed by atoms with Gasteiger partial charge in [-0.15, -0.1) is 0 Å². The van der Waals surface area contributed by atoms with Crippen molar-refractivity contribution in [2.24, 2.45) is 17.1 Å². The highest BCUT2D eigenvalue weighted by Gasteiger charge is 2.38. The molecule has 0 heterocycles. The van der Waals surface area contributed by atoms with Gasteiger partial charge < -0.3 is 10.8 Å². The standard InChI is InChI=1S/C11H23NO/c1-3-10-5-4-6-11(7-10,8-12)9(2)13/h9-10,13H,3-8,12H2,1-2H3. The first-order valence-electron chi connectivity index (χ1n) is 5.52. The number of aliphatic hydroxyl groups excluding tert-OH is 1. The summed E-state index contributed by atoms with van der Waals surface area (Å²) in [7, 11) is 0. The Kier molecular flexibility index (Phi) is 3.74. The van der Waals surface area contributed by atoms with Crippen LogP contribution < -0.4 is 5.73 Å². The quantitative estimate of drug-likeness (QED) is 0.705. The Bertz CT molecular complexity index is 158. The van der Waals surface area contributed by atoms with Crippen molar-refractivity contribution >= 4 is 0 Å². The summed E-state index contributed by atoms with van der Waals surface area (Å²) in [5, 5.41) is 9.76. The highest BCUT2D eigenvalue weighted by Crippen LogP contribution is 2.42. The third-order valence-electron chi connectivity index (χ3n) is 3.85. The lowest BCUT2D eigenvalue weighted by atomic mass is 9.66. The van der Waals surface area contributed by atoms with Crippen molar-refractivity contribution in [3.05, 3.63) is 0 Å². The lowest BCUT2D eigenvalue weighted by Gasteiger charge is -2.42. The predicted octanol–water partition coefficient (Wildman–Crippen LogP) is 1.91. The largest absolute Gasteiger partial charge is 0.393 e. The third kappa shape index (κ3) is 2.23. The van der Waals surface area contributed by atoms with Crippen LogP contribution in [0.2, 0.25) is 0 Å². The van der Waals surface area contributed by atoms with E-state index in [-0.39, 0.29) is 11.5 Å². The number of hydrogen-bond donors (Lipinski definition) is 2. The molecule has 0 bridgehead atoms. The minimum Gasteiger partial charge on any atom is -0.393 e. The Balaban J connectivity index is 2.64. The Hall–Kier alpha value is -0.0800. The van der Waals surface area contributed by atoms with Crippen molar-refractivity contribution in [1.82, 2.24) is 0 Å². The molecule has 1 saturated carbocycles. The first-order chi connectivity index (χ1) is 6.14. The molecule has 0 aromatic carbocycles. The van der Waals surface area contributed by atoms with E-state index in [2.05, 4.69) is 6.92 Å². The summed E-state index contributed by atoms with van der Waals surface area (Å²) < 4.78 is 0. The molecule has 3 unspecified atom stereocenters. The van der Waals surface area contributed by atoms with E-state index in [9.17, 15) is 5.11 Å². The monoisotopic (exact) mass is 185 g/mol. The van der Waals surface area contributed by atoms with Gasteiger partial charge in [0.05, 0.1) is 6.10 Å². The molecule has 0 aliphatic heterocycles. The van der Waals surface area contributed by atoms with Crippen molar-refractivity contribution in [3.8, 4) is 0 Å². The number of rotatable bonds is 3. The van der Waals surface area contributed by atoms with Gasteiger partial charge in [0.25, 0.3) is 0 Å². The van der Waals surface area contributed by atoms with E-state index in [0.717, 1.165) is 18.8 Å². The molecule has 0 amide bonds. The van der Waals surface area contributed by atoms with Gasteiger partial charge in [0.2, 0.25) is 0 Å². The fraction of sp³-hybridized carbons (Fsp3) is 1.00. The summed E-state index contributed by atoms with van der Waals surface area (Å²) in [4.78, 5) is 0. The van der Waals surface area contributed by atoms with Crippen LogP contribution in [0.4, 0.5) is 0 Å². The Morgan fingerprint density at radius 2 is 2.31 bits per heavy atom. The molecule has 3 N–H and O–H groups in total. The molecule has 0 saturated heterocycles. The molecule has 0 radical (unpaired) electrons. The summed E-state index contributed by atoms with van der Waals surface area (Å²) in [5.41, 5.74) is 5.82. The molecular weight excluding hydrogens is 162 g/mol. The SMILES string of the molecule is CCC1CCCC(CN)(C(C)O)C1. The minimum atomic E-state index is -0.244. The van der Waals surface area contributed by atoms with Crippen molar-refractivity contribution < 1.29 is 5.11 Å². The van der Waals surface area contributed by atoms with Crippen molar-refractivity contribution in [1.29, 1.82) is 0 Å². The van der Waals surface area contributed by atoms with Crippen LogP contribution in [0.3, 0.4) is 0 Å². The van der Waals surface area contributed by atoms with Gasteiger partial charge in [-0.25, -0.2) is 0 Å². The van der Waals surface area contributed by atoms with Gasteiger partial charge >= 0.3 is 0 Å². The van der Waals surface area contributed by atoms with Crippen LogP contribution in [0.1, 0.15) is 46.0 Å². The summed E-state index contributed by atoms with van der Waals surface area (Å²) in [6.07, 6.45) is 5.78. The van der Waals surface area contributed by atoms with E-state index in [0.29, 0.717) is 6.54 Å². The predicted molar refractivity (Wildman–Crippen MR) is 55.4 cm³/mol. The molecule has 1 aliphatic carbocycles. The molecule has 2 heteroatoms. The maximum absolute atomic E-state index is 9.76. The van der Waals surface area contributed by atoms with Crippen LogP contribution in [0.25, 0.3) is 0 Å². The summed E-state index contributed by atoms with van der Waals surface area (Å²) in [5.74, 6) is 0.784. The zero-order valence-electron chi connectivity index (χ0n) is 8.92. The van der Waals surface area contributed by atoms with Gasteiger partial charge in [0.15, 0.2) is 0 Å². The van der Waals surface area contributed by atoms with Gasteiger partial charge in [0, 0.05) is 12.0 Å². The van der Waals surface area contributed by atoms with E-state index in [1.807, 2.05) is 6.92 Å². The highest BCUT2D eigenvalue weighted by atomic mass is 16.3. The van der Waals surface area contributed by atoms with Crippen LogP contribution in [0.5, 0.6) is 0 Å². The second-order valence-electron chi connectivity index (χ2n) is 4.61. The molecule has 3 atom stereocenters. The van der Waals surface area contributed by atoms with E-state index in [1.54, 1.807) is 0 Å². The summed E-state index contributed by atoms with van der Waals surface area (Å²) in [6.45, 7) is 4.77. The molecule has 0 spiro atoms. The fourth-order valence-electron chi connectivity index (χ4n) is 2.61. The fourth-order valence-corrected chi connectivity index (χ4v) is 2.61. The Morgan fingerprint density at radius 1 is 1.62 bits per heavy atom. The lowest BCUT2D eigenvalue weighted by molar-refractivity contribution is -0.00238. The zero-order chi connectivity index (χ0) is 9.90. The van der Waals surface area contributed by atoms with Crippen LogP contribution in [-0.4, -0.2) is 17.8 Å². The zero-order valence-corrected chi connectivity index (χ0v) is 8.92. The van der Waals surface area contributed by atoms with Crippen molar-refractivity contribution in [3.63, 3.8) is 0 Å². The van der Waals surface area contributed by atoms with Gasteiger partial charge in [-0.2, -0.15) is 0 Å². The van der Waals surface area contributed by atoms with Crippen LogP contribution >= 0.6 is 0 Å². The van der Waals surface area contributed by atoms with Crippen molar-refractivity contribution in [2.75, 3.05) is 6.54 Å². The lowest BCUT2D eigenvalue weighted by Crippen LogP contribution is -2.43. The maximum Gasteiger partial charge on any atom is 0.0580 e. The molecule has 1 aliphatic rings. The molecule has 2 nitrogen and oxygen atoms in total. The van der Waals surface area contributed by atoms with Crippen LogP contribution in [0.15, 0.2) is 0 Å². The first-order valence-corrected chi connectivity index (χ1v) is 5.52. The highest BCUT2D eigenvalue weighted by molar-refractivity contribution is 4.90. The number of hydrogen-bond acceptors (Lipinski definition) is 2. The summed E-state index contributed by atoms with van der Waals surface area (Å²) >= 11 is 0. The smallest absolute Gasteiger partial charge is 0.0580 e. The van der Waals surface area contributed by atoms with E-state index in [1.165, 1.54) is 19.3 Å². The van der Waals surface area contributed by atoms with Gasteiger partial charge in [0.1, 0.15) is 0 Å². The van der Waals surface area contributed by atoms with Crippen LogP contribution in [-0.2, 0) is 0 Å². The first kappa shape index (κ1) is 11.0. The third-order valence-corrected chi connectivity index (χ3v) is 3.85. The van der Waals surface area contributed by atoms with Crippen LogP contribution in [0, 0.1) is 11.3 Å². The molecular formula is C11H23NO. The topological polar surface area (TPSA) is 46.2 Å². The second-order valence-corrected chi connectivity index (χ2v) is 4.61. The molecule has 0 aromatic rings. The minimum absolute atomic E-state index is 0.0267. The Labute approximate surface area is 81.5 Å². The van der Waals surface area contributed by atoms with E-state index >= 15 is 0 Å². The van der Waals surface area contributed by atoms with E-state index in [4.69, 9.17) is 5.73 Å². The van der Waals surface area contributed by atoms with Gasteiger partial charge in [-0.1, -0.05) is 26.2 Å². The number of nitrogens with two attached hydrogens (primary N) is 1. The maximum atomic E-state index is 9.76. The Morgan fingerprint density at radius 3 is 2.77 bits per heavy atom. The molecule has 78 valence electrons. The van der Waals surface area contributed by atoms with Gasteiger partial charge in [-0.3, -0.25) is 0 Å². The van der Waals surface area contributed by atoms with Gasteiger partial charge in [-0.05, 0) is 25.7 Å². The number of aliphatic hydroxyl groups is 1. The molecule has 1 fully saturated rings. The average Bonchev–Trinajstić information content (AvgIpc) is 2.17.